The van der Waals surface area contributed by atoms with Crippen LogP contribution in [0.15, 0.2) is 47.0 Å². The number of amides is 2. The maximum atomic E-state index is 12.7. The number of benzene rings is 1. The highest BCUT2D eigenvalue weighted by Gasteiger charge is 2.36. The molecule has 0 atom stereocenters. The number of aryl methyl sites for hydroxylation is 2. The maximum Gasteiger partial charge on any atom is 0.321 e. The molecule has 0 saturated carbocycles. The van der Waals surface area contributed by atoms with Crippen molar-refractivity contribution >= 4 is 22.7 Å². The van der Waals surface area contributed by atoms with Gasteiger partial charge in [0.15, 0.2) is 5.58 Å². The van der Waals surface area contributed by atoms with Crippen molar-refractivity contribution in [1.29, 1.82) is 0 Å². The molecule has 3 heterocycles. The summed E-state index contributed by atoms with van der Waals surface area (Å²) in [6.07, 6.45) is 2.68. The zero-order valence-electron chi connectivity index (χ0n) is 15.5. The van der Waals surface area contributed by atoms with Gasteiger partial charge >= 0.3 is 6.03 Å². The number of aromatic nitrogens is 1. The van der Waals surface area contributed by atoms with E-state index in [-0.39, 0.29) is 6.03 Å². The van der Waals surface area contributed by atoms with E-state index in [9.17, 15) is 9.90 Å². The van der Waals surface area contributed by atoms with Gasteiger partial charge in [0, 0.05) is 24.7 Å². The SMILES string of the molecule is Cc1ccc(C2(O)CCN(C(=O)Nc3cccc4cc(C)oc34)CC2)nc1. The lowest BCUT2D eigenvalue weighted by molar-refractivity contribution is -0.0193. The second-order valence-corrected chi connectivity index (χ2v) is 7.25. The molecule has 0 unspecified atom stereocenters. The van der Waals surface area contributed by atoms with Gasteiger partial charge in [-0.05, 0) is 50.5 Å². The third-order valence-electron chi connectivity index (χ3n) is 5.17. The number of furan rings is 1. The Bertz CT molecular complexity index is 970. The monoisotopic (exact) mass is 365 g/mol. The number of para-hydroxylation sites is 1. The Balaban J connectivity index is 1.44. The van der Waals surface area contributed by atoms with Crippen LogP contribution < -0.4 is 5.32 Å². The first-order valence-electron chi connectivity index (χ1n) is 9.15. The second kappa shape index (κ2) is 6.70. The van der Waals surface area contributed by atoms with Gasteiger partial charge in [-0.2, -0.15) is 0 Å². The zero-order chi connectivity index (χ0) is 19.0. The molecule has 27 heavy (non-hydrogen) atoms. The van der Waals surface area contributed by atoms with Gasteiger partial charge in [0.05, 0.1) is 11.4 Å². The normalized spacial score (nSPS) is 16.5. The molecule has 1 aliphatic heterocycles. The maximum absolute atomic E-state index is 12.7. The molecule has 140 valence electrons. The predicted molar refractivity (Wildman–Crippen MR) is 104 cm³/mol. The Hall–Kier alpha value is -2.86. The molecular formula is C21H23N3O3. The minimum atomic E-state index is -0.984. The van der Waals surface area contributed by atoms with Crippen LogP contribution in [0.4, 0.5) is 10.5 Å². The average molecular weight is 365 g/mol. The number of rotatable bonds is 2. The van der Waals surface area contributed by atoms with Crippen LogP contribution in [0.1, 0.15) is 29.9 Å². The summed E-state index contributed by atoms with van der Waals surface area (Å²) in [5.74, 6) is 0.806. The number of hydrogen-bond acceptors (Lipinski definition) is 4. The number of nitrogens with one attached hydrogen (secondary N) is 1. The second-order valence-electron chi connectivity index (χ2n) is 7.25. The minimum Gasteiger partial charge on any atom is -0.459 e. The topological polar surface area (TPSA) is 78.6 Å². The molecule has 0 bridgehead atoms. The average Bonchev–Trinajstić information content (AvgIpc) is 3.04. The van der Waals surface area contributed by atoms with E-state index in [1.165, 1.54) is 0 Å². The summed E-state index contributed by atoms with van der Waals surface area (Å²) < 4.78 is 5.71. The van der Waals surface area contributed by atoms with E-state index in [1.54, 1.807) is 11.1 Å². The van der Waals surface area contributed by atoms with Crippen molar-refractivity contribution < 1.29 is 14.3 Å². The Morgan fingerprint density at radius 1 is 1.22 bits per heavy atom. The summed E-state index contributed by atoms with van der Waals surface area (Å²) in [5.41, 5.74) is 2.08. The number of hydrogen-bond donors (Lipinski definition) is 2. The number of fused-ring (bicyclic) bond motifs is 1. The van der Waals surface area contributed by atoms with Gasteiger partial charge in [0.1, 0.15) is 11.4 Å². The first-order valence-corrected chi connectivity index (χ1v) is 9.15. The number of nitrogens with zero attached hydrogens (tertiary/aromatic N) is 2. The van der Waals surface area contributed by atoms with Gasteiger partial charge < -0.3 is 19.7 Å². The van der Waals surface area contributed by atoms with Crippen molar-refractivity contribution in [2.45, 2.75) is 32.3 Å². The van der Waals surface area contributed by atoms with Crippen LogP contribution in [-0.4, -0.2) is 34.1 Å². The Morgan fingerprint density at radius 2 is 2.00 bits per heavy atom. The fourth-order valence-electron chi connectivity index (χ4n) is 3.56. The number of pyridine rings is 1. The van der Waals surface area contributed by atoms with Crippen LogP contribution in [0.2, 0.25) is 0 Å². The molecule has 6 nitrogen and oxygen atoms in total. The number of carbonyl (C=O) groups excluding carboxylic acids is 1. The van der Waals surface area contributed by atoms with Gasteiger partial charge in [-0.1, -0.05) is 18.2 Å². The molecule has 0 aliphatic carbocycles. The third-order valence-corrected chi connectivity index (χ3v) is 5.17. The van der Waals surface area contributed by atoms with Crippen LogP contribution in [0.3, 0.4) is 0 Å². The molecule has 0 radical (unpaired) electrons. The fourth-order valence-corrected chi connectivity index (χ4v) is 3.56. The molecule has 4 rings (SSSR count). The highest BCUT2D eigenvalue weighted by molar-refractivity contribution is 5.99. The van der Waals surface area contributed by atoms with Crippen LogP contribution in [0, 0.1) is 13.8 Å². The number of piperidine rings is 1. The smallest absolute Gasteiger partial charge is 0.321 e. The minimum absolute atomic E-state index is 0.185. The first kappa shape index (κ1) is 17.5. The van der Waals surface area contributed by atoms with Crippen LogP contribution >= 0.6 is 0 Å². The van der Waals surface area contributed by atoms with E-state index in [0.29, 0.717) is 42.9 Å². The Kier molecular flexibility index (Phi) is 4.36. The van der Waals surface area contributed by atoms with E-state index in [2.05, 4.69) is 10.3 Å². The first-order chi connectivity index (χ1) is 12.9. The van der Waals surface area contributed by atoms with E-state index in [4.69, 9.17) is 4.42 Å². The lowest BCUT2D eigenvalue weighted by Gasteiger charge is -2.37. The molecule has 6 heteroatoms. The summed E-state index contributed by atoms with van der Waals surface area (Å²) in [6, 6.07) is 11.3. The summed E-state index contributed by atoms with van der Waals surface area (Å²) in [6.45, 7) is 4.78. The van der Waals surface area contributed by atoms with Gasteiger partial charge in [-0.25, -0.2) is 4.79 Å². The van der Waals surface area contributed by atoms with Crippen molar-refractivity contribution in [3.05, 3.63) is 59.6 Å². The van der Waals surface area contributed by atoms with Crippen molar-refractivity contribution in [2.75, 3.05) is 18.4 Å². The molecule has 3 aromatic rings. The lowest BCUT2D eigenvalue weighted by Crippen LogP contribution is -2.47. The summed E-state index contributed by atoms with van der Waals surface area (Å²) in [5, 5.41) is 14.8. The number of aliphatic hydroxyl groups is 1. The fraction of sp³-hybridized carbons (Fsp3) is 0.333. The van der Waals surface area contributed by atoms with E-state index in [0.717, 1.165) is 16.7 Å². The van der Waals surface area contributed by atoms with Crippen LogP contribution in [0.25, 0.3) is 11.0 Å². The lowest BCUT2D eigenvalue weighted by atomic mass is 9.87. The van der Waals surface area contributed by atoms with Crippen molar-refractivity contribution in [3.8, 4) is 0 Å². The predicted octanol–water partition coefficient (Wildman–Crippen LogP) is 3.96. The molecule has 0 spiro atoms. The molecular weight excluding hydrogens is 342 g/mol. The van der Waals surface area contributed by atoms with Gasteiger partial charge in [-0.15, -0.1) is 0 Å². The van der Waals surface area contributed by atoms with Crippen molar-refractivity contribution in [1.82, 2.24) is 9.88 Å². The molecule has 1 aliphatic rings. The summed E-state index contributed by atoms with van der Waals surface area (Å²) in [7, 11) is 0. The number of urea groups is 1. The van der Waals surface area contributed by atoms with Gasteiger partial charge in [0.2, 0.25) is 0 Å². The molecule has 1 aromatic carbocycles. The third kappa shape index (κ3) is 3.40. The quantitative estimate of drug-likeness (QED) is 0.720. The molecule has 1 fully saturated rings. The summed E-state index contributed by atoms with van der Waals surface area (Å²) in [4.78, 5) is 18.8. The number of carbonyl (C=O) groups is 1. The largest absolute Gasteiger partial charge is 0.459 e. The highest BCUT2D eigenvalue weighted by Crippen LogP contribution is 2.32. The van der Waals surface area contributed by atoms with E-state index < -0.39 is 5.60 Å². The highest BCUT2D eigenvalue weighted by atomic mass is 16.3. The number of likely N-dealkylation sites (tertiary alicyclic amines) is 1. The molecule has 1 saturated heterocycles. The van der Waals surface area contributed by atoms with Crippen LogP contribution in [0.5, 0.6) is 0 Å². The number of anilines is 1. The van der Waals surface area contributed by atoms with Gasteiger partial charge in [-0.3, -0.25) is 4.98 Å². The standard InChI is InChI=1S/C21H23N3O3/c1-14-6-7-18(22-13-14)21(26)8-10-24(11-9-21)20(25)23-17-5-3-4-16-12-15(2)27-19(16)17/h3-7,12-13,26H,8-11H2,1-2H3,(H,23,25). The van der Waals surface area contributed by atoms with E-state index in [1.807, 2.05) is 50.2 Å². The Morgan fingerprint density at radius 3 is 2.70 bits per heavy atom. The van der Waals surface area contributed by atoms with Crippen molar-refractivity contribution in [3.63, 3.8) is 0 Å². The zero-order valence-corrected chi connectivity index (χ0v) is 15.5. The molecule has 2 amide bonds. The molecule has 2 aromatic heterocycles. The van der Waals surface area contributed by atoms with E-state index >= 15 is 0 Å². The molecule has 2 N–H and O–H groups in total. The Labute approximate surface area is 157 Å². The van der Waals surface area contributed by atoms with Crippen LogP contribution in [-0.2, 0) is 5.60 Å². The summed E-state index contributed by atoms with van der Waals surface area (Å²) >= 11 is 0. The van der Waals surface area contributed by atoms with Crippen molar-refractivity contribution in [2.24, 2.45) is 0 Å². The van der Waals surface area contributed by atoms with Gasteiger partial charge in [0.25, 0.3) is 0 Å².